The highest BCUT2D eigenvalue weighted by molar-refractivity contribution is 5.78. The number of pyridine rings is 1. The summed E-state index contributed by atoms with van der Waals surface area (Å²) in [6.07, 6.45) is 1.25. The van der Waals surface area contributed by atoms with Gasteiger partial charge in [0.1, 0.15) is 11.5 Å². The summed E-state index contributed by atoms with van der Waals surface area (Å²) >= 11 is 0. The summed E-state index contributed by atoms with van der Waals surface area (Å²) in [5, 5.41) is 10.5. The molecular formula is C24H26N2O4. The van der Waals surface area contributed by atoms with Crippen LogP contribution in [0.15, 0.2) is 54.6 Å². The van der Waals surface area contributed by atoms with Crippen molar-refractivity contribution >= 4 is 16.9 Å². The van der Waals surface area contributed by atoms with E-state index >= 15 is 0 Å². The van der Waals surface area contributed by atoms with E-state index in [2.05, 4.69) is 17.0 Å². The van der Waals surface area contributed by atoms with E-state index in [1.807, 2.05) is 42.5 Å². The fourth-order valence-electron chi connectivity index (χ4n) is 4.23. The average Bonchev–Trinajstić information content (AvgIpc) is 2.79. The van der Waals surface area contributed by atoms with Crippen molar-refractivity contribution in [2.45, 2.75) is 18.9 Å². The Morgan fingerprint density at radius 3 is 2.53 bits per heavy atom. The zero-order chi connectivity index (χ0) is 21.1. The molecule has 1 saturated heterocycles. The van der Waals surface area contributed by atoms with Crippen molar-refractivity contribution < 1.29 is 19.4 Å². The molecule has 2 heterocycles. The molecule has 0 bridgehead atoms. The van der Waals surface area contributed by atoms with Crippen molar-refractivity contribution in [1.29, 1.82) is 0 Å². The minimum atomic E-state index is -0.711. The number of piperidine rings is 1. The van der Waals surface area contributed by atoms with Gasteiger partial charge in [0, 0.05) is 17.0 Å². The molecule has 0 amide bonds. The maximum absolute atomic E-state index is 11.4. The third-order valence-electron chi connectivity index (χ3n) is 5.88. The SMILES string of the molecule is COc1ccc(C(c2ccc3ccccc3n2)N2CCC(C(=O)O)CC2)c(OC)c1. The Balaban J connectivity index is 1.78. The Kier molecular flexibility index (Phi) is 5.86. The summed E-state index contributed by atoms with van der Waals surface area (Å²) in [5.74, 6) is 0.460. The maximum atomic E-state index is 11.4. The first kappa shape index (κ1) is 20.2. The van der Waals surface area contributed by atoms with E-state index in [0.717, 1.165) is 33.7 Å². The number of carboxylic acids is 1. The van der Waals surface area contributed by atoms with Crippen LogP contribution in [0.5, 0.6) is 11.5 Å². The van der Waals surface area contributed by atoms with Crippen LogP contribution in [-0.4, -0.2) is 48.3 Å². The fourth-order valence-corrected chi connectivity index (χ4v) is 4.23. The number of para-hydroxylation sites is 1. The van der Waals surface area contributed by atoms with Crippen molar-refractivity contribution in [1.82, 2.24) is 9.88 Å². The Bertz CT molecular complexity index is 1040. The van der Waals surface area contributed by atoms with Crippen LogP contribution < -0.4 is 9.47 Å². The predicted molar refractivity (Wildman–Crippen MR) is 115 cm³/mol. The smallest absolute Gasteiger partial charge is 0.306 e. The molecule has 0 saturated carbocycles. The van der Waals surface area contributed by atoms with E-state index in [-0.39, 0.29) is 12.0 Å². The summed E-state index contributed by atoms with van der Waals surface area (Å²) in [7, 11) is 3.29. The molecule has 1 atom stereocenters. The van der Waals surface area contributed by atoms with E-state index < -0.39 is 5.97 Å². The molecule has 6 heteroatoms. The minimum absolute atomic E-state index is 0.134. The number of fused-ring (bicyclic) bond motifs is 1. The van der Waals surface area contributed by atoms with E-state index in [1.165, 1.54) is 0 Å². The fraction of sp³-hybridized carbons (Fsp3) is 0.333. The summed E-state index contributed by atoms with van der Waals surface area (Å²) < 4.78 is 11.1. The lowest BCUT2D eigenvalue weighted by Gasteiger charge is -2.37. The van der Waals surface area contributed by atoms with Crippen LogP contribution in [0.3, 0.4) is 0 Å². The first-order valence-electron chi connectivity index (χ1n) is 10.1. The molecule has 0 spiro atoms. The zero-order valence-corrected chi connectivity index (χ0v) is 17.2. The van der Waals surface area contributed by atoms with Gasteiger partial charge in [-0.05, 0) is 50.2 Å². The van der Waals surface area contributed by atoms with E-state index in [9.17, 15) is 9.90 Å². The van der Waals surface area contributed by atoms with Gasteiger partial charge >= 0.3 is 5.97 Å². The van der Waals surface area contributed by atoms with Crippen LogP contribution in [0.4, 0.5) is 0 Å². The molecule has 156 valence electrons. The van der Waals surface area contributed by atoms with Gasteiger partial charge in [-0.3, -0.25) is 14.7 Å². The molecule has 0 radical (unpaired) electrons. The largest absolute Gasteiger partial charge is 0.497 e. The molecule has 30 heavy (non-hydrogen) atoms. The number of ether oxygens (including phenoxy) is 2. The van der Waals surface area contributed by atoms with Crippen LogP contribution in [-0.2, 0) is 4.79 Å². The Hall–Kier alpha value is -3.12. The number of hydrogen-bond donors (Lipinski definition) is 1. The second-order valence-electron chi connectivity index (χ2n) is 7.59. The Labute approximate surface area is 176 Å². The van der Waals surface area contributed by atoms with Crippen LogP contribution in [0.1, 0.15) is 30.1 Å². The molecular weight excluding hydrogens is 380 g/mol. The Morgan fingerprint density at radius 1 is 1.07 bits per heavy atom. The first-order valence-corrected chi connectivity index (χ1v) is 10.1. The number of likely N-dealkylation sites (tertiary alicyclic amines) is 1. The minimum Gasteiger partial charge on any atom is -0.497 e. The standard InChI is InChI=1S/C24H26N2O4/c1-29-18-8-9-19(22(15-18)30-2)23(26-13-11-17(12-14-26)24(27)28)21-10-7-16-5-3-4-6-20(16)25-21/h3-10,15,17,23H,11-14H2,1-2H3,(H,27,28). The number of aromatic nitrogens is 1. The van der Waals surface area contributed by atoms with E-state index in [4.69, 9.17) is 14.5 Å². The molecule has 0 aliphatic carbocycles. The number of aliphatic carboxylic acids is 1. The quantitative estimate of drug-likeness (QED) is 0.663. The average molecular weight is 406 g/mol. The van der Waals surface area contributed by atoms with Crippen LogP contribution in [0, 0.1) is 5.92 Å². The highest BCUT2D eigenvalue weighted by Crippen LogP contribution is 2.38. The number of hydrogen-bond acceptors (Lipinski definition) is 5. The molecule has 3 aromatic rings. The van der Waals surface area contributed by atoms with Gasteiger partial charge in [-0.2, -0.15) is 0 Å². The summed E-state index contributed by atoms with van der Waals surface area (Å²) in [6, 6.07) is 17.9. The normalized spacial score (nSPS) is 16.3. The monoisotopic (exact) mass is 406 g/mol. The number of rotatable bonds is 6. The summed E-state index contributed by atoms with van der Waals surface area (Å²) in [6.45, 7) is 1.37. The first-order chi connectivity index (χ1) is 14.6. The van der Waals surface area contributed by atoms with Crippen LogP contribution in [0.25, 0.3) is 10.9 Å². The molecule has 1 aliphatic heterocycles. The highest BCUT2D eigenvalue weighted by Gasteiger charge is 2.32. The van der Waals surface area contributed by atoms with Crippen molar-refractivity contribution in [3.8, 4) is 11.5 Å². The molecule has 4 rings (SSSR count). The van der Waals surface area contributed by atoms with Gasteiger partial charge in [0.05, 0.1) is 37.4 Å². The van der Waals surface area contributed by atoms with Crippen molar-refractivity contribution in [2.75, 3.05) is 27.3 Å². The van der Waals surface area contributed by atoms with Gasteiger partial charge < -0.3 is 14.6 Å². The molecule has 1 aliphatic rings. The molecule has 2 aromatic carbocycles. The van der Waals surface area contributed by atoms with E-state index in [1.54, 1.807) is 14.2 Å². The predicted octanol–water partition coefficient (Wildman–Crippen LogP) is 4.14. The molecule has 1 fully saturated rings. The third-order valence-corrected chi connectivity index (χ3v) is 5.88. The molecule has 1 aromatic heterocycles. The zero-order valence-electron chi connectivity index (χ0n) is 17.2. The van der Waals surface area contributed by atoms with Crippen molar-refractivity contribution in [3.63, 3.8) is 0 Å². The molecule has 1 unspecified atom stereocenters. The topological polar surface area (TPSA) is 71.9 Å². The van der Waals surface area contributed by atoms with E-state index in [0.29, 0.717) is 25.9 Å². The van der Waals surface area contributed by atoms with Crippen LogP contribution >= 0.6 is 0 Å². The van der Waals surface area contributed by atoms with Crippen molar-refractivity contribution in [2.24, 2.45) is 5.92 Å². The lowest BCUT2D eigenvalue weighted by molar-refractivity contribution is -0.143. The third kappa shape index (κ3) is 3.96. The Morgan fingerprint density at radius 2 is 1.83 bits per heavy atom. The summed E-state index contributed by atoms with van der Waals surface area (Å²) in [4.78, 5) is 18.7. The lowest BCUT2D eigenvalue weighted by atomic mass is 9.92. The number of carbonyl (C=O) groups is 1. The highest BCUT2D eigenvalue weighted by atomic mass is 16.5. The number of nitrogens with zero attached hydrogens (tertiary/aromatic N) is 2. The number of benzene rings is 2. The lowest BCUT2D eigenvalue weighted by Crippen LogP contribution is -2.39. The second kappa shape index (κ2) is 8.71. The van der Waals surface area contributed by atoms with Gasteiger partial charge in [0.25, 0.3) is 0 Å². The number of carboxylic acid groups (broad SMARTS) is 1. The van der Waals surface area contributed by atoms with Gasteiger partial charge in [-0.15, -0.1) is 0 Å². The molecule has 1 N–H and O–H groups in total. The van der Waals surface area contributed by atoms with Gasteiger partial charge in [-0.1, -0.05) is 24.3 Å². The molecule has 6 nitrogen and oxygen atoms in total. The van der Waals surface area contributed by atoms with Crippen molar-refractivity contribution in [3.05, 3.63) is 65.9 Å². The van der Waals surface area contributed by atoms with Gasteiger partial charge in [-0.25, -0.2) is 0 Å². The number of methoxy groups -OCH3 is 2. The maximum Gasteiger partial charge on any atom is 0.306 e. The van der Waals surface area contributed by atoms with Gasteiger partial charge in [0.15, 0.2) is 0 Å². The van der Waals surface area contributed by atoms with Crippen LogP contribution in [0.2, 0.25) is 0 Å². The summed E-state index contributed by atoms with van der Waals surface area (Å²) in [5.41, 5.74) is 2.86. The van der Waals surface area contributed by atoms with Gasteiger partial charge in [0.2, 0.25) is 0 Å². The second-order valence-corrected chi connectivity index (χ2v) is 7.59.